The minimum atomic E-state index is -0.236. The third-order valence-electron chi connectivity index (χ3n) is 3.77. The minimum Gasteiger partial charge on any atom is -0.469 e. The molecule has 1 aromatic heterocycles. The molecule has 1 heterocycles. The van der Waals surface area contributed by atoms with E-state index in [-0.39, 0.29) is 29.9 Å². The van der Waals surface area contributed by atoms with Gasteiger partial charge in [0.25, 0.3) is 0 Å². The summed E-state index contributed by atoms with van der Waals surface area (Å²) in [6.45, 7) is 4.20. The zero-order valence-corrected chi connectivity index (χ0v) is 17.2. The van der Waals surface area contributed by atoms with Crippen molar-refractivity contribution in [3.63, 3.8) is 0 Å². The molecule has 2 N–H and O–H groups in total. The van der Waals surface area contributed by atoms with Crippen molar-refractivity contribution in [1.82, 2.24) is 20.2 Å². The van der Waals surface area contributed by atoms with Gasteiger partial charge in [0, 0.05) is 26.7 Å². The topological polar surface area (TPSA) is 80.5 Å². The number of esters is 1. The Morgan fingerprint density at radius 2 is 2.00 bits per heavy atom. The summed E-state index contributed by atoms with van der Waals surface area (Å²) in [4.78, 5) is 19.8. The second-order valence-electron chi connectivity index (χ2n) is 5.40. The molecule has 8 heteroatoms. The normalized spacial score (nSPS) is 11.1. The molecule has 138 valence electrons. The van der Waals surface area contributed by atoms with Crippen LogP contribution in [0.15, 0.2) is 29.3 Å². The highest BCUT2D eigenvalue weighted by atomic mass is 127. The van der Waals surface area contributed by atoms with Crippen molar-refractivity contribution in [3.05, 3.63) is 30.1 Å². The lowest BCUT2D eigenvalue weighted by molar-refractivity contribution is -0.140. The minimum absolute atomic E-state index is 0. The number of fused-ring (bicyclic) bond motifs is 1. The van der Waals surface area contributed by atoms with Crippen LogP contribution in [0, 0.1) is 6.92 Å². The van der Waals surface area contributed by atoms with Gasteiger partial charge in [0.1, 0.15) is 5.82 Å². The van der Waals surface area contributed by atoms with E-state index in [0.29, 0.717) is 18.9 Å². The Morgan fingerprint density at radius 1 is 1.28 bits per heavy atom. The van der Waals surface area contributed by atoms with Crippen LogP contribution >= 0.6 is 24.0 Å². The van der Waals surface area contributed by atoms with Crippen LogP contribution in [0.3, 0.4) is 0 Å². The van der Waals surface area contributed by atoms with Crippen LogP contribution < -0.4 is 10.6 Å². The third-order valence-corrected chi connectivity index (χ3v) is 3.77. The van der Waals surface area contributed by atoms with Crippen molar-refractivity contribution >= 4 is 46.9 Å². The Morgan fingerprint density at radius 3 is 2.72 bits per heavy atom. The number of benzene rings is 1. The molecule has 7 nitrogen and oxygen atoms in total. The second-order valence-corrected chi connectivity index (χ2v) is 5.40. The van der Waals surface area contributed by atoms with Crippen LogP contribution in [-0.2, 0) is 16.1 Å². The van der Waals surface area contributed by atoms with Gasteiger partial charge in [-0.3, -0.25) is 9.79 Å². The number of carbonyl (C=O) groups excluding carboxylic acids is 1. The van der Waals surface area contributed by atoms with E-state index in [1.54, 1.807) is 7.05 Å². The molecule has 0 atom stereocenters. The number of aryl methyl sites for hydroxylation is 2. The summed E-state index contributed by atoms with van der Waals surface area (Å²) in [5, 5.41) is 6.33. The average Bonchev–Trinajstić information content (AvgIpc) is 2.92. The highest BCUT2D eigenvalue weighted by Gasteiger charge is 2.06. The number of nitrogens with one attached hydrogen (secondary N) is 2. The Hall–Kier alpha value is -1.84. The van der Waals surface area contributed by atoms with Gasteiger partial charge in [-0.15, -0.1) is 24.0 Å². The van der Waals surface area contributed by atoms with Crippen molar-refractivity contribution in [2.45, 2.75) is 26.3 Å². The first-order chi connectivity index (χ1) is 11.7. The van der Waals surface area contributed by atoms with Gasteiger partial charge in [-0.25, -0.2) is 4.98 Å². The standard InChI is InChI=1S/C17H25N5O2.HI/c1-13-21-14-7-4-5-8-15(14)22(13)12-6-10-19-17(18-2)20-11-9-16(23)24-3;/h4-5,7-8H,6,9-12H2,1-3H3,(H2,18,19,20);1H. The number of carbonyl (C=O) groups is 1. The van der Waals surface area contributed by atoms with Crippen molar-refractivity contribution < 1.29 is 9.53 Å². The zero-order chi connectivity index (χ0) is 17.4. The van der Waals surface area contributed by atoms with Gasteiger partial charge in [-0.05, 0) is 25.5 Å². The molecule has 0 bridgehead atoms. The molecule has 0 radical (unpaired) electrons. The molecule has 0 fully saturated rings. The maximum Gasteiger partial charge on any atom is 0.307 e. The monoisotopic (exact) mass is 459 g/mol. The maximum atomic E-state index is 11.1. The Labute approximate surface area is 165 Å². The summed E-state index contributed by atoms with van der Waals surface area (Å²) < 4.78 is 6.83. The van der Waals surface area contributed by atoms with Gasteiger partial charge in [0.05, 0.1) is 24.6 Å². The molecule has 0 aliphatic heterocycles. The summed E-state index contributed by atoms with van der Waals surface area (Å²) in [6, 6.07) is 8.16. The Bertz CT molecular complexity index is 714. The van der Waals surface area contributed by atoms with Crippen LogP contribution in [0.5, 0.6) is 0 Å². The maximum absolute atomic E-state index is 11.1. The van der Waals surface area contributed by atoms with E-state index in [2.05, 4.69) is 36.0 Å². The number of hydrogen-bond donors (Lipinski definition) is 2. The van der Waals surface area contributed by atoms with Crippen LogP contribution in [0.4, 0.5) is 0 Å². The Kier molecular flexibility index (Phi) is 9.25. The number of nitrogens with zero attached hydrogens (tertiary/aromatic N) is 3. The van der Waals surface area contributed by atoms with Gasteiger partial charge in [-0.1, -0.05) is 12.1 Å². The smallest absolute Gasteiger partial charge is 0.307 e. The lowest BCUT2D eigenvalue weighted by Crippen LogP contribution is -2.39. The lowest BCUT2D eigenvalue weighted by atomic mass is 10.3. The molecule has 0 spiro atoms. The first kappa shape index (κ1) is 21.2. The van der Waals surface area contributed by atoms with E-state index < -0.39 is 0 Å². The molecule has 0 unspecified atom stereocenters. The van der Waals surface area contributed by atoms with Crippen LogP contribution in [0.25, 0.3) is 11.0 Å². The number of aromatic nitrogens is 2. The van der Waals surface area contributed by atoms with Crippen molar-refractivity contribution in [2.75, 3.05) is 27.2 Å². The summed E-state index contributed by atoms with van der Waals surface area (Å²) in [5.41, 5.74) is 2.19. The van der Waals surface area contributed by atoms with Gasteiger partial charge >= 0.3 is 5.97 Å². The molecule has 1 aromatic carbocycles. The number of ether oxygens (including phenoxy) is 1. The van der Waals surface area contributed by atoms with Gasteiger partial charge in [0.2, 0.25) is 0 Å². The number of hydrogen-bond acceptors (Lipinski definition) is 4. The second kappa shape index (κ2) is 10.9. The SMILES string of the molecule is CN=C(NCCCn1c(C)nc2ccccc21)NCCC(=O)OC.I. The summed E-state index contributed by atoms with van der Waals surface area (Å²) in [6.07, 6.45) is 1.26. The number of imidazole rings is 1. The van der Waals surface area contributed by atoms with Crippen LogP contribution in [-0.4, -0.2) is 48.7 Å². The summed E-state index contributed by atoms with van der Waals surface area (Å²) >= 11 is 0. The van der Waals surface area contributed by atoms with Crippen LogP contribution in [0.1, 0.15) is 18.7 Å². The van der Waals surface area contributed by atoms with E-state index in [9.17, 15) is 4.79 Å². The fraction of sp³-hybridized carbons (Fsp3) is 0.471. The first-order valence-electron chi connectivity index (χ1n) is 8.09. The highest BCUT2D eigenvalue weighted by Crippen LogP contribution is 2.15. The van der Waals surface area contributed by atoms with Crippen molar-refractivity contribution in [1.29, 1.82) is 0 Å². The average molecular weight is 459 g/mol. The van der Waals surface area contributed by atoms with E-state index in [4.69, 9.17) is 0 Å². The fourth-order valence-electron chi connectivity index (χ4n) is 2.53. The first-order valence-corrected chi connectivity index (χ1v) is 8.09. The van der Waals surface area contributed by atoms with Crippen molar-refractivity contribution in [3.8, 4) is 0 Å². The number of halogens is 1. The third kappa shape index (κ3) is 6.18. The summed E-state index contributed by atoms with van der Waals surface area (Å²) in [5.74, 6) is 1.48. The predicted molar refractivity (Wildman–Crippen MR) is 110 cm³/mol. The van der Waals surface area contributed by atoms with E-state index >= 15 is 0 Å². The molecule has 2 rings (SSSR count). The number of aliphatic imine (C=N–C) groups is 1. The zero-order valence-electron chi connectivity index (χ0n) is 14.9. The number of methoxy groups -OCH3 is 1. The molecule has 0 aliphatic rings. The van der Waals surface area contributed by atoms with Gasteiger partial charge < -0.3 is 19.9 Å². The fourth-order valence-corrected chi connectivity index (χ4v) is 2.53. The molecule has 0 saturated carbocycles. The molecule has 0 aliphatic carbocycles. The van der Waals surface area contributed by atoms with Gasteiger partial charge in [-0.2, -0.15) is 0 Å². The molecule has 25 heavy (non-hydrogen) atoms. The van der Waals surface area contributed by atoms with E-state index in [0.717, 1.165) is 36.4 Å². The predicted octanol–water partition coefficient (Wildman–Crippen LogP) is 2.08. The largest absolute Gasteiger partial charge is 0.469 e. The molecule has 0 saturated heterocycles. The lowest BCUT2D eigenvalue weighted by Gasteiger charge is -2.12. The molecular formula is C17H26IN5O2. The number of rotatable bonds is 7. The van der Waals surface area contributed by atoms with Gasteiger partial charge in [0.15, 0.2) is 5.96 Å². The van der Waals surface area contributed by atoms with Crippen LogP contribution in [0.2, 0.25) is 0 Å². The summed E-state index contributed by atoms with van der Waals surface area (Å²) in [7, 11) is 3.10. The number of guanidine groups is 1. The van der Waals surface area contributed by atoms with Crippen molar-refractivity contribution in [2.24, 2.45) is 4.99 Å². The molecule has 0 amide bonds. The molecular weight excluding hydrogens is 433 g/mol. The number of para-hydroxylation sites is 2. The molecule has 2 aromatic rings. The highest BCUT2D eigenvalue weighted by molar-refractivity contribution is 14.0. The van der Waals surface area contributed by atoms with E-state index in [1.165, 1.54) is 7.11 Å². The quantitative estimate of drug-likeness (QED) is 0.218. The van der Waals surface area contributed by atoms with E-state index in [1.807, 2.05) is 25.1 Å². The Balaban J connectivity index is 0.00000312.